The minimum Gasteiger partial charge on any atom is -0.456 e. The quantitative estimate of drug-likeness (QED) is 0.502. The molecule has 3 amide bonds. The van der Waals surface area contributed by atoms with Gasteiger partial charge in [0.25, 0.3) is 5.91 Å². The number of halogens is 1. The molecule has 0 saturated heterocycles. The van der Waals surface area contributed by atoms with E-state index < -0.39 is 24.6 Å². The van der Waals surface area contributed by atoms with Gasteiger partial charge in [-0.2, -0.15) is 0 Å². The van der Waals surface area contributed by atoms with Crippen LogP contribution in [0.25, 0.3) is 0 Å². The van der Waals surface area contributed by atoms with Crippen molar-refractivity contribution in [2.24, 2.45) is 5.73 Å². The zero-order valence-electron chi connectivity index (χ0n) is 16.8. The fourth-order valence-corrected chi connectivity index (χ4v) is 3.03. The molecule has 4 N–H and O–H groups in total. The van der Waals surface area contributed by atoms with Crippen molar-refractivity contribution in [3.63, 3.8) is 0 Å². The average Bonchev–Trinajstić information content (AvgIpc) is 2.71. The summed E-state index contributed by atoms with van der Waals surface area (Å²) in [7, 11) is 0. The van der Waals surface area contributed by atoms with E-state index in [1.807, 2.05) is 37.3 Å². The fraction of sp³-hybridized carbons (Fsp3) is 0.318. The van der Waals surface area contributed by atoms with Crippen molar-refractivity contribution in [2.45, 2.75) is 38.3 Å². The van der Waals surface area contributed by atoms with E-state index in [0.717, 1.165) is 12.8 Å². The number of nitrogens with two attached hydrogens (primary N) is 1. The Morgan fingerprint density at radius 3 is 2.33 bits per heavy atom. The molecule has 0 aromatic heterocycles. The SMILES string of the molecule is CC(CCc1ccccc1)NC(=O)COC(=O)CC(NC(N)=O)c1ccc(Cl)cc1. The second kappa shape index (κ2) is 11.8. The molecule has 30 heavy (non-hydrogen) atoms. The predicted molar refractivity (Wildman–Crippen MR) is 115 cm³/mol. The molecule has 8 heteroatoms. The molecule has 0 bridgehead atoms. The topological polar surface area (TPSA) is 111 Å². The van der Waals surface area contributed by atoms with Crippen molar-refractivity contribution >= 4 is 29.5 Å². The van der Waals surface area contributed by atoms with Gasteiger partial charge in [-0.3, -0.25) is 9.59 Å². The van der Waals surface area contributed by atoms with Crippen molar-refractivity contribution in [3.8, 4) is 0 Å². The summed E-state index contributed by atoms with van der Waals surface area (Å²) >= 11 is 5.86. The Labute approximate surface area is 180 Å². The van der Waals surface area contributed by atoms with Crippen molar-refractivity contribution in [2.75, 3.05) is 6.61 Å². The van der Waals surface area contributed by atoms with Gasteiger partial charge in [-0.25, -0.2) is 4.79 Å². The van der Waals surface area contributed by atoms with Gasteiger partial charge in [0.05, 0.1) is 12.5 Å². The van der Waals surface area contributed by atoms with E-state index in [4.69, 9.17) is 22.1 Å². The highest BCUT2D eigenvalue weighted by Crippen LogP contribution is 2.20. The molecule has 0 aliphatic rings. The lowest BCUT2D eigenvalue weighted by Crippen LogP contribution is -2.37. The fourth-order valence-electron chi connectivity index (χ4n) is 2.91. The number of carbonyl (C=O) groups is 3. The Morgan fingerprint density at radius 1 is 1.03 bits per heavy atom. The molecule has 0 heterocycles. The number of nitrogens with one attached hydrogen (secondary N) is 2. The number of hydrogen-bond donors (Lipinski definition) is 3. The highest BCUT2D eigenvalue weighted by molar-refractivity contribution is 6.30. The van der Waals surface area contributed by atoms with Crippen LogP contribution in [0.5, 0.6) is 0 Å². The monoisotopic (exact) mass is 431 g/mol. The van der Waals surface area contributed by atoms with Gasteiger partial charge in [0.2, 0.25) is 0 Å². The smallest absolute Gasteiger partial charge is 0.312 e. The molecule has 0 aliphatic heterocycles. The summed E-state index contributed by atoms with van der Waals surface area (Å²) in [5.41, 5.74) is 7.03. The Morgan fingerprint density at radius 2 is 1.70 bits per heavy atom. The maximum Gasteiger partial charge on any atom is 0.312 e. The number of esters is 1. The van der Waals surface area contributed by atoms with E-state index in [-0.39, 0.29) is 18.4 Å². The number of primary amides is 1. The van der Waals surface area contributed by atoms with E-state index in [1.54, 1.807) is 24.3 Å². The van der Waals surface area contributed by atoms with E-state index in [0.29, 0.717) is 10.6 Å². The summed E-state index contributed by atoms with van der Waals surface area (Å²) in [6, 6.07) is 15.1. The van der Waals surface area contributed by atoms with Gasteiger partial charge in [-0.05, 0) is 43.0 Å². The summed E-state index contributed by atoms with van der Waals surface area (Å²) in [6.45, 7) is 1.51. The number of rotatable bonds is 10. The van der Waals surface area contributed by atoms with Gasteiger partial charge >= 0.3 is 12.0 Å². The van der Waals surface area contributed by atoms with Gasteiger partial charge in [-0.15, -0.1) is 0 Å². The van der Waals surface area contributed by atoms with Crippen LogP contribution in [0, 0.1) is 0 Å². The molecule has 0 aliphatic carbocycles. The normalized spacial score (nSPS) is 12.5. The Bertz CT molecular complexity index is 843. The number of ether oxygens (including phenoxy) is 1. The minimum atomic E-state index is -0.771. The first-order valence-corrected chi connectivity index (χ1v) is 10.0. The molecular formula is C22H26ClN3O4. The highest BCUT2D eigenvalue weighted by atomic mass is 35.5. The second-order valence-electron chi connectivity index (χ2n) is 6.97. The molecule has 2 unspecified atom stereocenters. The van der Waals surface area contributed by atoms with Crippen molar-refractivity contribution < 1.29 is 19.1 Å². The van der Waals surface area contributed by atoms with E-state index >= 15 is 0 Å². The van der Waals surface area contributed by atoms with Crippen LogP contribution in [0.4, 0.5) is 4.79 Å². The van der Waals surface area contributed by atoms with Crippen LogP contribution in [0.2, 0.25) is 5.02 Å². The standard InChI is InChI=1S/C22H26ClN3O4/c1-15(7-8-16-5-3-2-4-6-16)25-20(27)14-30-21(28)13-19(26-22(24)29)17-9-11-18(23)12-10-17/h2-6,9-12,15,19H,7-8,13-14H2,1H3,(H,25,27)(H3,24,26,29). The lowest BCUT2D eigenvalue weighted by molar-refractivity contribution is -0.149. The zero-order chi connectivity index (χ0) is 21.9. The first-order chi connectivity index (χ1) is 14.3. The van der Waals surface area contributed by atoms with E-state index in [2.05, 4.69) is 10.6 Å². The number of amides is 3. The van der Waals surface area contributed by atoms with Crippen molar-refractivity contribution in [1.82, 2.24) is 10.6 Å². The average molecular weight is 432 g/mol. The van der Waals surface area contributed by atoms with Crippen molar-refractivity contribution in [1.29, 1.82) is 0 Å². The number of hydrogen-bond acceptors (Lipinski definition) is 4. The Balaban J connectivity index is 1.77. The highest BCUT2D eigenvalue weighted by Gasteiger charge is 2.19. The molecule has 2 rings (SSSR count). The van der Waals surface area contributed by atoms with Crippen LogP contribution >= 0.6 is 11.6 Å². The summed E-state index contributed by atoms with van der Waals surface area (Å²) in [5, 5.41) is 5.83. The van der Waals surface area contributed by atoms with Gasteiger partial charge in [0.1, 0.15) is 0 Å². The third-order valence-electron chi connectivity index (χ3n) is 4.44. The molecule has 2 atom stereocenters. The third-order valence-corrected chi connectivity index (χ3v) is 4.69. The summed E-state index contributed by atoms with van der Waals surface area (Å²) in [5.74, 6) is -1.01. The summed E-state index contributed by atoms with van der Waals surface area (Å²) in [6.07, 6.45) is 1.44. The van der Waals surface area contributed by atoms with Crippen LogP contribution in [0.3, 0.4) is 0 Å². The first kappa shape index (κ1) is 23.2. The number of aryl methyl sites for hydroxylation is 1. The minimum absolute atomic E-state index is 0.0604. The molecule has 0 radical (unpaired) electrons. The Kier molecular flexibility index (Phi) is 9.15. The van der Waals surface area contributed by atoms with Gasteiger partial charge < -0.3 is 21.1 Å². The molecule has 2 aromatic carbocycles. The van der Waals surface area contributed by atoms with Gasteiger partial charge in [-0.1, -0.05) is 54.1 Å². The Hall–Kier alpha value is -3.06. The van der Waals surface area contributed by atoms with Crippen LogP contribution in [0.15, 0.2) is 54.6 Å². The maximum absolute atomic E-state index is 12.2. The molecule has 160 valence electrons. The molecule has 0 fully saturated rings. The first-order valence-electron chi connectivity index (χ1n) is 9.64. The molecule has 7 nitrogen and oxygen atoms in total. The van der Waals surface area contributed by atoms with E-state index in [9.17, 15) is 14.4 Å². The lowest BCUT2D eigenvalue weighted by Gasteiger charge is -2.18. The zero-order valence-corrected chi connectivity index (χ0v) is 17.5. The maximum atomic E-state index is 12.2. The summed E-state index contributed by atoms with van der Waals surface area (Å²) < 4.78 is 5.06. The van der Waals surface area contributed by atoms with Crippen molar-refractivity contribution in [3.05, 3.63) is 70.7 Å². The number of urea groups is 1. The predicted octanol–water partition coefficient (Wildman–Crippen LogP) is 3.12. The summed E-state index contributed by atoms with van der Waals surface area (Å²) in [4.78, 5) is 35.5. The molecule has 0 saturated carbocycles. The lowest BCUT2D eigenvalue weighted by atomic mass is 10.0. The van der Waals surface area contributed by atoms with Gasteiger partial charge in [0, 0.05) is 11.1 Å². The van der Waals surface area contributed by atoms with Crippen LogP contribution < -0.4 is 16.4 Å². The van der Waals surface area contributed by atoms with Gasteiger partial charge in [0.15, 0.2) is 6.61 Å². The third kappa shape index (κ3) is 8.53. The molecule has 0 spiro atoms. The largest absolute Gasteiger partial charge is 0.456 e. The van der Waals surface area contributed by atoms with Crippen LogP contribution in [-0.4, -0.2) is 30.6 Å². The molecule has 2 aromatic rings. The van der Waals surface area contributed by atoms with Crippen LogP contribution in [-0.2, 0) is 20.7 Å². The molecular weight excluding hydrogens is 406 g/mol. The number of carbonyl (C=O) groups excluding carboxylic acids is 3. The second-order valence-corrected chi connectivity index (χ2v) is 7.41. The number of benzene rings is 2. The van der Waals surface area contributed by atoms with E-state index in [1.165, 1.54) is 5.56 Å². The van der Waals surface area contributed by atoms with Crippen LogP contribution in [0.1, 0.15) is 36.9 Å².